The molecule has 0 atom stereocenters. The van der Waals surface area contributed by atoms with Gasteiger partial charge in [-0.3, -0.25) is 4.55 Å². The smallest absolute Gasteiger partial charge is 0.346 e. The molecule has 0 saturated carbocycles. The molecule has 0 unspecified atom stereocenters. The molecule has 2 aromatic carbocycles. The summed E-state index contributed by atoms with van der Waals surface area (Å²) in [5.41, 5.74) is 0.234. The number of hydrogen-bond acceptors (Lipinski definition) is 7. The number of fused-ring (bicyclic) bond motifs is 2. The average Bonchev–Trinajstić information content (AvgIpc) is 2.96. The maximum atomic E-state index is 12.3. The van der Waals surface area contributed by atoms with E-state index < -0.39 is 26.4 Å². The molecule has 4 aromatic rings. The maximum Gasteiger partial charge on any atom is 0.346 e. The molecule has 0 spiro atoms. The zero-order valence-corrected chi connectivity index (χ0v) is 14.0. The molecular weight excluding hydrogens is 366 g/mol. The van der Waals surface area contributed by atoms with Crippen LogP contribution in [0.25, 0.3) is 31.8 Å². The number of hydrogen-bond donors (Lipinski definition) is 2. The number of para-hydroxylation sites is 1. The van der Waals surface area contributed by atoms with Crippen LogP contribution in [-0.4, -0.2) is 23.1 Å². The number of aromatic hydroxyl groups is 1. The molecule has 7 nitrogen and oxygen atoms in total. The number of benzene rings is 2. The van der Waals surface area contributed by atoms with Crippen molar-refractivity contribution in [3.63, 3.8) is 0 Å². The zero-order valence-electron chi connectivity index (χ0n) is 12.3. The van der Waals surface area contributed by atoms with Gasteiger partial charge in [-0.15, -0.1) is 11.3 Å². The molecular formula is C16H9NO6S2. The van der Waals surface area contributed by atoms with E-state index in [0.717, 1.165) is 22.3 Å². The fourth-order valence-corrected chi connectivity index (χ4v) is 4.05. The quantitative estimate of drug-likeness (QED) is 0.408. The van der Waals surface area contributed by atoms with Crippen LogP contribution in [-0.2, 0) is 10.1 Å². The van der Waals surface area contributed by atoms with Gasteiger partial charge in [0, 0.05) is 11.5 Å². The Morgan fingerprint density at radius 3 is 2.60 bits per heavy atom. The van der Waals surface area contributed by atoms with Gasteiger partial charge in [0.25, 0.3) is 10.1 Å². The number of phenolic OH excluding ortho intramolecular Hbond substituents is 1. The van der Waals surface area contributed by atoms with E-state index in [9.17, 15) is 22.9 Å². The first kappa shape index (κ1) is 15.8. The molecule has 2 N–H and O–H groups in total. The highest BCUT2D eigenvalue weighted by molar-refractivity contribution is 7.86. The van der Waals surface area contributed by atoms with Gasteiger partial charge in [0.2, 0.25) is 0 Å². The molecule has 0 radical (unpaired) electrons. The molecule has 25 heavy (non-hydrogen) atoms. The lowest BCUT2D eigenvalue weighted by Crippen LogP contribution is -2.04. The van der Waals surface area contributed by atoms with E-state index in [-0.39, 0.29) is 16.5 Å². The fourth-order valence-electron chi connectivity index (χ4n) is 2.48. The number of thiazole rings is 1. The van der Waals surface area contributed by atoms with Crippen molar-refractivity contribution in [2.24, 2.45) is 0 Å². The van der Waals surface area contributed by atoms with Crippen LogP contribution in [0, 0.1) is 0 Å². The van der Waals surface area contributed by atoms with Gasteiger partial charge in [-0.05, 0) is 24.3 Å². The van der Waals surface area contributed by atoms with Crippen molar-refractivity contribution in [1.29, 1.82) is 0 Å². The number of phenols is 1. The van der Waals surface area contributed by atoms with Crippen LogP contribution in [0.15, 0.2) is 56.6 Å². The Labute approximate surface area is 144 Å². The Morgan fingerprint density at radius 1 is 1.12 bits per heavy atom. The Hall–Kier alpha value is -2.75. The Morgan fingerprint density at radius 2 is 1.88 bits per heavy atom. The number of rotatable bonds is 2. The van der Waals surface area contributed by atoms with Crippen molar-refractivity contribution in [3.8, 4) is 16.3 Å². The number of aromatic nitrogens is 1. The minimum atomic E-state index is -4.62. The van der Waals surface area contributed by atoms with Gasteiger partial charge in [0.1, 0.15) is 21.2 Å². The minimum absolute atomic E-state index is 0.000221. The van der Waals surface area contributed by atoms with Crippen molar-refractivity contribution in [3.05, 3.63) is 52.9 Å². The Balaban J connectivity index is 2.00. The van der Waals surface area contributed by atoms with Crippen molar-refractivity contribution in [1.82, 2.24) is 4.98 Å². The van der Waals surface area contributed by atoms with Crippen LogP contribution in [0.3, 0.4) is 0 Å². The largest absolute Gasteiger partial charge is 0.506 e. The molecule has 0 bridgehead atoms. The molecule has 0 aliphatic rings. The first-order chi connectivity index (χ1) is 11.8. The van der Waals surface area contributed by atoms with E-state index in [1.165, 1.54) is 17.4 Å². The van der Waals surface area contributed by atoms with Crippen LogP contribution in [0.4, 0.5) is 0 Å². The maximum absolute atomic E-state index is 12.3. The molecule has 2 heterocycles. The van der Waals surface area contributed by atoms with Crippen molar-refractivity contribution >= 4 is 42.6 Å². The van der Waals surface area contributed by atoms with E-state index >= 15 is 0 Å². The lowest BCUT2D eigenvalue weighted by molar-refractivity contribution is 0.442. The van der Waals surface area contributed by atoms with E-state index in [0.29, 0.717) is 5.01 Å². The van der Waals surface area contributed by atoms with E-state index in [1.807, 2.05) is 24.3 Å². The topological polar surface area (TPSA) is 118 Å². The predicted molar refractivity (Wildman–Crippen MR) is 92.6 cm³/mol. The summed E-state index contributed by atoms with van der Waals surface area (Å²) in [6.07, 6.45) is 0. The fraction of sp³-hybridized carbons (Fsp3) is 0. The molecule has 2 aromatic heterocycles. The monoisotopic (exact) mass is 375 g/mol. The van der Waals surface area contributed by atoms with Crippen LogP contribution in [0.5, 0.6) is 5.75 Å². The summed E-state index contributed by atoms with van der Waals surface area (Å²) in [5, 5.41) is 10.4. The third kappa shape index (κ3) is 2.68. The van der Waals surface area contributed by atoms with Crippen LogP contribution in [0.1, 0.15) is 0 Å². The Kier molecular flexibility index (Phi) is 3.39. The minimum Gasteiger partial charge on any atom is -0.506 e. The lowest BCUT2D eigenvalue weighted by Gasteiger charge is -2.04. The van der Waals surface area contributed by atoms with Gasteiger partial charge in [-0.2, -0.15) is 8.42 Å². The lowest BCUT2D eigenvalue weighted by atomic mass is 10.2. The third-order valence-corrected chi connectivity index (χ3v) is 5.57. The standard InChI is InChI=1S/C16H9NO6S2/c18-11-7-12-8(6-14(11)25(20,21)22)5-9(16(19)23-12)15-17-10-3-1-2-4-13(10)24-15/h1-7,18H,(H,20,21,22). The van der Waals surface area contributed by atoms with Crippen LogP contribution >= 0.6 is 11.3 Å². The second-order valence-electron chi connectivity index (χ2n) is 5.27. The summed E-state index contributed by atoms with van der Waals surface area (Å²) in [5.74, 6) is -0.703. The van der Waals surface area contributed by atoms with Crippen LogP contribution in [0.2, 0.25) is 0 Å². The molecule has 0 amide bonds. The third-order valence-electron chi connectivity index (χ3n) is 3.62. The first-order valence-electron chi connectivity index (χ1n) is 6.97. The summed E-state index contributed by atoms with van der Waals surface area (Å²) >= 11 is 1.30. The molecule has 0 fully saturated rings. The second-order valence-corrected chi connectivity index (χ2v) is 7.69. The Bertz CT molecular complexity index is 1270. The summed E-state index contributed by atoms with van der Waals surface area (Å²) in [7, 11) is -4.62. The highest BCUT2D eigenvalue weighted by Crippen LogP contribution is 2.32. The van der Waals surface area contributed by atoms with Gasteiger partial charge in [-0.25, -0.2) is 9.78 Å². The highest BCUT2D eigenvalue weighted by Gasteiger charge is 2.19. The zero-order chi connectivity index (χ0) is 17.8. The van der Waals surface area contributed by atoms with E-state index in [1.54, 1.807) is 0 Å². The van der Waals surface area contributed by atoms with Gasteiger partial charge in [0.05, 0.1) is 15.8 Å². The molecule has 0 saturated heterocycles. The molecule has 0 aliphatic carbocycles. The summed E-state index contributed by atoms with van der Waals surface area (Å²) in [6, 6.07) is 10.8. The average molecular weight is 375 g/mol. The van der Waals surface area contributed by atoms with Crippen LogP contribution < -0.4 is 5.63 Å². The SMILES string of the molecule is O=c1oc2cc(O)c(S(=O)(=O)O)cc2cc1-c1nc2ccccc2s1. The summed E-state index contributed by atoms with van der Waals surface area (Å²) < 4.78 is 37.9. The predicted octanol–water partition coefficient (Wildman–Crippen LogP) is 3.02. The van der Waals surface area contributed by atoms with Gasteiger partial charge < -0.3 is 9.52 Å². The molecule has 0 aliphatic heterocycles. The van der Waals surface area contributed by atoms with E-state index in [2.05, 4.69) is 4.98 Å². The number of nitrogens with zero attached hydrogens (tertiary/aromatic N) is 1. The first-order valence-corrected chi connectivity index (χ1v) is 9.23. The summed E-state index contributed by atoms with van der Waals surface area (Å²) in [4.78, 5) is 16.0. The molecule has 4 rings (SSSR count). The van der Waals surface area contributed by atoms with Gasteiger partial charge in [-0.1, -0.05) is 12.1 Å². The summed E-state index contributed by atoms with van der Waals surface area (Å²) in [6.45, 7) is 0. The van der Waals surface area contributed by atoms with Gasteiger partial charge in [0.15, 0.2) is 0 Å². The second kappa shape index (κ2) is 5.38. The van der Waals surface area contributed by atoms with Gasteiger partial charge >= 0.3 is 5.63 Å². The van der Waals surface area contributed by atoms with Crippen molar-refractivity contribution in [2.45, 2.75) is 4.90 Å². The highest BCUT2D eigenvalue weighted by atomic mass is 32.2. The normalized spacial score (nSPS) is 12.0. The molecule has 9 heteroatoms. The van der Waals surface area contributed by atoms with Crippen molar-refractivity contribution in [2.75, 3.05) is 0 Å². The van der Waals surface area contributed by atoms with Crippen molar-refractivity contribution < 1.29 is 22.5 Å². The molecule has 126 valence electrons. The van der Waals surface area contributed by atoms with E-state index in [4.69, 9.17) is 4.42 Å².